The van der Waals surface area contributed by atoms with Crippen molar-refractivity contribution < 1.29 is 40.6 Å². The third kappa shape index (κ3) is 7.92. The predicted molar refractivity (Wildman–Crippen MR) is 141 cm³/mol. The van der Waals surface area contributed by atoms with E-state index >= 15 is 0 Å². The lowest BCUT2D eigenvalue weighted by Crippen LogP contribution is -2.46. The Kier molecular flexibility index (Phi) is 9.37. The second kappa shape index (κ2) is 13.0. The van der Waals surface area contributed by atoms with Gasteiger partial charge in [-0.05, 0) is 48.6 Å². The van der Waals surface area contributed by atoms with Gasteiger partial charge in [0.15, 0.2) is 12.1 Å². The van der Waals surface area contributed by atoms with E-state index in [1.807, 2.05) is 35.2 Å². The van der Waals surface area contributed by atoms with Gasteiger partial charge in [0.2, 0.25) is 5.91 Å². The number of hydrogen-bond acceptors (Lipinski definition) is 6. The molecule has 2 aromatic carbocycles. The van der Waals surface area contributed by atoms with Crippen molar-refractivity contribution in [1.29, 1.82) is 0 Å². The molecule has 2 atom stereocenters. The molecule has 0 aliphatic carbocycles. The summed E-state index contributed by atoms with van der Waals surface area (Å²) in [7, 11) is 0. The van der Waals surface area contributed by atoms with Crippen LogP contribution in [0.3, 0.4) is 0 Å². The van der Waals surface area contributed by atoms with E-state index in [-0.39, 0.29) is 43.7 Å². The fraction of sp³-hybridized carbons (Fsp3) is 0.483. The van der Waals surface area contributed by atoms with Crippen molar-refractivity contribution in [3.8, 4) is 0 Å². The van der Waals surface area contributed by atoms with Gasteiger partial charge >= 0.3 is 12.4 Å². The first-order chi connectivity index (χ1) is 20.5. The first kappa shape index (κ1) is 31.0. The zero-order valence-electron chi connectivity index (χ0n) is 23.2. The number of hydrogen-bond donors (Lipinski definition) is 0. The quantitative estimate of drug-likeness (QED) is 0.314. The summed E-state index contributed by atoms with van der Waals surface area (Å²) in [5, 5.41) is 4.48. The van der Waals surface area contributed by atoms with Crippen LogP contribution in [-0.2, 0) is 46.1 Å². The average molecular weight is 612 g/mol. The van der Waals surface area contributed by atoms with E-state index in [0.29, 0.717) is 31.0 Å². The summed E-state index contributed by atoms with van der Waals surface area (Å²) in [6.07, 6.45) is -7.41. The molecule has 0 bridgehead atoms. The molecule has 3 aromatic rings. The fourth-order valence-corrected chi connectivity index (χ4v) is 5.35. The first-order valence-corrected chi connectivity index (χ1v) is 13.9. The normalized spacial score (nSPS) is 20.1. The number of aromatic nitrogens is 3. The number of benzene rings is 2. The third-order valence-corrected chi connectivity index (χ3v) is 7.46. The topological polar surface area (TPSA) is 72.7 Å². The summed E-state index contributed by atoms with van der Waals surface area (Å²) < 4.78 is 93.1. The van der Waals surface area contributed by atoms with Gasteiger partial charge in [0.25, 0.3) is 0 Å². The summed E-state index contributed by atoms with van der Waals surface area (Å²) >= 11 is 0. The molecule has 8 nitrogen and oxygen atoms in total. The number of amides is 1. The Bertz CT molecular complexity index is 1340. The van der Waals surface area contributed by atoms with Crippen LogP contribution in [0.5, 0.6) is 0 Å². The molecule has 232 valence electrons. The highest BCUT2D eigenvalue weighted by atomic mass is 19.4. The van der Waals surface area contributed by atoms with Crippen LogP contribution in [0.4, 0.5) is 26.3 Å². The number of carbonyl (C=O) groups excluding carboxylic acids is 1. The highest BCUT2D eigenvalue weighted by molar-refractivity contribution is 5.76. The molecule has 2 unspecified atom stereocenters. The zero-order valence-corrected chi connectivity index (χ0v) is 23.2. The Morgan fingerprint density at radius 1 is 0.953 bits per heavy atom. The average Bonchev–Trinajstić information content (AvgIpc) is 3.65. The van der Waals surface area contributed by atoms with Crippen molar-refractivity contribution >= 4 is 5.91 Å². The molecule has 0 saturated carbocycles. The summed E-state index contributed by atoms with van der Waals surface area (Å²) in [6, 6.07) is 10.4. The summed E-state index contributed by atoms with van der Waals surface area (Å²) in [6.45, 7) is 2.46. The highest BCUT2D eigenvalue weighted by Gasteiger charge is 2.38. The number of nitrogens with zero attached hydrogens (tertiary/aromatic N) is 5. The Morgan fingerprint density at radius 3 is 2.28 bits per heavy atom. The van der Waals surface area contributed by atoms with Crippen LogP contribution in [0.15, 0.2) is 54.9 Å². The van der Waals surface area contributed by atoms with Gasteiger partial charge in [0.05, 0.1) is 36.9 Å². The maximum Gasteiger partial charge on any atom is 0.416 e. The molecule has 1 amide bonds. The Labute approximate surface area is 244 Å². The molecule has 0 spiro atoms. The number of ether oxygens (including phenoxy) is 2. The minimum atomic E-state index is -4.93. The molecule has 14 heteroatoms. The lowest BCUT2D eigenvalue weighted by Gasteiger charge is -2.40. The number of rotatable bonds is 9. The molecule has 2 aliphatic rings. The van der Waals surface area contributed by atoms with Crippen LogP contribution in [0.25, 0.3) is 0 Å². The standard InChI is InChI=1S/C29H31F6N5O3/c30-28(31,32)22-14-20(15-23(16-22)29(33,34)35)8-12-42-27-26(21-6-2-1-3-7-21)39(11-13-43-27)17-24-36-19-40(37-24)18-25(41)38-9-4-5-10-38/h1-3,6-7,14-16,19,26-27H,4-5,8-13,17-18H2. The van der Waals surface area contributed by atoms with Gasteiger partial charge in [-0.3, -0.25) is 9.69 Å². The number of likely N-dealkylation sites (tertiary alicyclic amines) is 1. The molecular formula is C29H31F6N5O3. The second-order valence-electron chi connectivity index (χ2n) is 10.5. The van der Waals surface area contributed by atoms with Crippen LogP contribution in [0.1, 0.15) is 47.0 Å². The Balaban J connectivity index is 1.28. The summed E-state index contributed by atoms with van der Waals surface area (Å²) in [5.41, 5.74) is -2.04. The van der Waals surface area contributed by atoms with Crippen molar-refractivity contribution in [2.24, 2.45) is 0 Å². The van der Waals surface area contributed by atoms with E-state index in [0.717, 1.165) is 31.5 Å². The minimum Gasteiger partial charge on any atom is -0.350 e. The molecule has 2 aliphatic heterocycles. The highest BCUT2D eigenvalue weighted by Crippen LogP contribution is 2.37. The molecule has 0 N–H and O–H groups in total. The smallest absolute Gasteiger partial charge is 0.350 e. The van der Waals surface area contributed by atoms with Gasteiger partial charge in [-0.1, -0.05) is 30.3 Å². The second-order valence-corrected chi connectivity index (χ2v) is 10.5. The van der Waals surface area contributed by atoms with Crippen molar-refractivity contribution in [1.82, 2.24) is 24.6 Å². The predicted octanol–water partition coefficient (Wildman–Crippen LogP) is 5.10. The van der Waals surface area contributed by atoms with Gasteiger partial charge < -0.3 is 14.4 Å². The Morgan fingerprint density at radius 2 is 1.63 bits per heavy atom. The van der Waals surface area contributed by atoms with E-state index in [2.05, 4.69) is 10.1 Å². The summed E-state index contributed by atoms with van der Waals surface area (Å²) in [5.74, 6) is 0.471. The Hall–Kier alpha value is -3.49. The lowest BCUT2D eigenvalue weighted by molar-refractivity contribution is -0.212. The van der Waals surface area contributed by atoms with Crippen LogP contribution >= 0.6 is 0 Å². The van der Waals surface area contributed by atoms with Crippen LogP contribution in [-0.4, -0.2) is 69.6 Å². The third-order valence-electron chi connectivity index (χ3n) is 7.46. The molecule has 1 aromatic heterocycles. The van der Waals surface area contributed by atoms with Crippen LogP contribution < -0.4 is 0 Å². The lowest BCUT2D eigenvalue weighted by atomic mass is 10.0. The number of morpholine rings is 1. The first-order valence-electron chi connectivity index (χ1n) is 13.9. The van der Waals surface area contributed by atoms with E-state index in [9.17, 15) is 31.1 Å². The SMILES string of the molecule is O=C(Cn1cnc(CN2CCOC(OCCc3cc(C(F)(F)F)cc(C(F)(F)F)c3)C2c2ccccc2)n1)N1CCCC1. The summed E-state index contributed by atoms with van der Waals surface area (Å²) in [4.78, 5) is 20.7. The monoisotopic (exact) mass is 611 g/mol. The molecular weight excluding hydrogens is 580 g/mol. The van der Waals surface area contributed by atoms with E-state index in [1.54, 1.807) is 4.90 Å². The van der Waals surface area contributed by atoms with Gasteiger partial charge in [-0.15, -0.1) is 0 Å². The molecule has 2 fully saturated rings. The van der Waals surface area contributed by atoms with Crippen LogP contribution in [0, 0.1) is 0 Å². The van der Waals surface area contributed by atoms with Crippen LogP contribution in [0.2, 0.25) is 0 Å². The molecule has 5 rings (SSSR count). The van der Waals surface area contributed by atoms with Crippen molar-refractivity contribution in [3.63, 3.8) is 0 Å². The molecule has 43 heavy (non-hydrogen) atoms. The van der Waals surface area contributed by atoms with Gasteiger partial charge in [-0.2, -0.15) is 31.4 Å². The van der Waals surface area contributed by atoms with Crippen molar-refractivity contribution in [2.75, 3.05) is 32.8 Å². The number of halogens is 6. The minimum absolute atomic E-state index is 0.0147. The molecule has 2 saturated heterocycles. The van der Waals surface area contributed by atoms with E-state index in [4.69, 9.17) is 9.47 Å². The van der Waals surface area contributed by atoms with Gasteiger partial charge in [0.1, 0.15) is 12.9 Å². The van der Waals surface area contributed by atoms with Gasteiger partial charge in [-0.25, -0.2) is 9.67 Å². The maximum absolute atomic E-state index is 13.3. The van der Waals surface area contributed by atoms with Crippen molar-refractivity contribution in [3.05, 3.63) is 82.9 Å². The van der Waals surface area contributed by atoms with E-state index < -0.39 is 35.8 Å². The van der Waals surface area contributed by atoms with Crippen molar-refractivity contribution in [2.45, 2.75) is 57.0 Å². The largest absolute Gasteiger partial charge is 0.416 e. The number of alkyl halides is 6. The fourth-order valence-electron chi connectivity index (χ4n) is 5.35. The molecule has 0 radical (unpaired) electrons. The van der Waals surface area contributed by atoms with Gasteiger partial charge in [0, 0.05) is 19.6 Å². The molecule has 3 heterocycles. The zero-order chi connectivity index (χ0) is 30.6. The van der Waals surface area contributed by atoms with E-state index in [1.165, 1.54) is 11.0 Å². The number of carbonyl (C=O) groups is 1. The maximum atomic E-state index is 13.3.